The minimum atomic E-state index is -1.15. The smallest absolute Gasteiger partial charge is 0.329 e. The lowest BCUT2D eigenvalue weighted by molar-refractivity contribution is -0.144. The number of carbonyl (C=O) groups excluding carboxylic acids is 1. The molecule has 1 fully saturated rings. The van der Waals surface area contributed by atoms with Gasteiger partial charge >= 0.3 is 5.97 Å². The molecule has 18 heavy (non-hydrogen) atoms. The fraction of sp³-hybridized carbons (Fsp3) is 0.455. The molecule has 1 aromatic heterocycles. The Morgan fingerprint density at radius 3 is 2.61 bits per heavy atom. The molecule has 2 rings (SSSR count). The van der Waals surface area contributed by atoms with Crippen LogP contribution in [0.2, 0.25) is 0 Å². The highest BCUT2D eigenvalue weighted by Crippen LogP contribution is 2.28. The van der Waals surface area contributed by atoms with E-state index in [1.807, 2.05) is 0 Å². The van der Waals surface area contributed by atoms with Crippen molar-refractivity contribution in [2.45, 2.75) is 18.4 Å². The van der Waals surface area contributed by atoms with Crippen LogP contribution in [0.3, 0.4) is 0 Å². The van der Waals surface area contributed by atoms with Crippen LogP contribution in [-0.4, -0.2) is 34.0 Å². The SMILES string of the molecule is O=C(NC1(C(=O)O)CCSCC1)c1coc(Br)c1. The predicted molar refractivity (Wildman–Crippen MR) is 70.8 cm³/mol. The molecule has 98 valence electrons. The van der Waals surface area contributed by atoms with E-state index in [1.165, 1.54) is 12.3 Å². The van der Waals surface area contributed by atoms with Crippen LogP contribution < -0.4 is 5.32 Å². The minimum absolute atomic E-state index is 0.320. The number of rotatable bonds is 3. The summed E-state index contributed by atoms with van der Waals surface area (Å²) in [6.07, 6.45) is 2.18. The van der Waals surface area contributed by atoms with Gasteiger partial charge in [0.2, 0.25) is 0 Å². The van der Waals surface area contributed by atoms with Crippen molar-refractivity contribution in [3.63, 3.8) is 0 Å². The molecule has 0 aliphatic carbocycles. The third kappa shape index (κ3) is 2.72. The first-order valence-electron chi connectivity index (χ1n) is 5.41. The van der Waals surface area contributed by atoms with Crippen molar-refractivity contribution in [3.8, 4) is 0 Å². The summed E-state index contributed by atoms with van der Waals surface area (Å²) in [5.41, 5.74) is -0.827. The average Bonchev–Trinajstić information content (AvgIpc) is 2.77. The van der Waals surface area contributed by atoms with Crippen LogP contribution in [0.4, 0.5) is 0 Å². The molecule has 0 unspecified atom stereocenters. The Kier molecular flexibility index (Phi) is 4.01. The van der Waals surface area contributed by atoms with Gasteiger partial charge in [0.25, 0.3) is 5.91 Å². The van der Waals surface area contributed by atoms with Gasteiger partial charge in [-0.3, -0.25) is 4.79 Å². The lowest BCUT2D eigenvalue weighted by Gasteiger charge is -2.33. The number of halogens is 1. The van der Waals surface area contributed by atoms with Crippen LogP contribution >= 0.6 is 27.7 Å². The zero-order chi connectivity index (χ0) is 13.2. The second kappa shape index (κ2) is 5.36. The molecule has 0 radical (unpaired) electrons. The third-order valence-corrected chi connectivity index (χ3v) is 4.34. The van der Waals surface area contributed by atoms with Crippen LogP contribution in [-0.2, 0) is 4.79 Å². The van der Waals surface area contributed by atoms with Crippen molar-refractivity contribution in [1.82, 2.24) is 5.32 Å². The second-order valence-corrected chi connectivity index (χ2v) is 6.10. The Labute approximate surface area is 116 Å². The normalized spacial score (nSPS) is 18.3. The molecular formula is C11H12BrNO4S. The highest BCUT2D eigenvalue weighted by molar-refractivity contribution is 9.10. The third-order valence-electron chi connectivity index (χ3n) is 2.94. The molecule has 1 amide bonds. The first kappa shape index (κ1) is 13.5. The molecule has 0 atom stereocenters. The molecule has 1 aliphatic rings. The van der Waals surface area contributed by atoms with Crippen LogP contribution in [0.5, 0.6) is 0 Å². The standard InChI is InChI=1S/C11H12BrNO4S/c12-8-5-7(6-17-8)9(14)13-11(10(15)16)1-3-18-4-2-11/h5-6H,1-4H2,(H,13,14)(H,15,16). The Morgan fingerprint density at radius 2 is 2.11 bits per heavy atom. The van der Waals surface area contributed by atoms with Gasteiger partial charge in [-0.05, 0) is 40.3 Å². The fourth-order valence-electron chi connectivity index (χ4n) is 1.83. The molecule has 2 N–H and O–H groups in total. The van der Waals surface area contributed by atoms with E-state index in [1.54, 1.807) is 11.8 Å². The van der Waals surface area contributed by atoms with E-state index in [-0.39, 0.29) is 0 Å². The topological polar surface area (TPSA) is 79.5 Å². The van der Waals surface area contributed by atoms with E-state index < -0.39 is 17.4 Å². The maximum atomic E-state index is 12.0. The first-order valence-corrected chi connectivity index (χ1v) is 7.36. The molecule has 1 aliphatic heterocycles. The lowest BCUT2D eigenvalue weighted by atomic mass is 9.92. The van der Waals surface area contributed by atoms with E-state index in [2.05, 4.69) is 21.2 Å². The van der Waals surface area contributed by atoms with Crippen LogP contribution in [0.15, 0.2) is 21.4 Å². The van der Waals surface area contributed by atoms with Crippen LogP contribution in [0.1, 0.15) is 23.2 Å². The average molecular weight is 334 g/mol. The largest absolute Gasteiger partial charge is 0.480 e. The number of hydrogen-bond donors (Lipinski definition) is 2. The molecule has 7 heteroatoms. The number of carboxylic acid groups (broad SMARTS) is 1. The van der Waals surface area contributed by atoms with Crippen molar-refractivity contribution >= 4 is 39.6 Å². The molecule has 0 spiro atoms. The van der Waals surface area contributed by atoms with Gasteiger partial charge in [0.05, 0.1) is 5.56 Å². The summed E-state index contributed by atoms with van der Waals surface area (Å²) in [5, 5.41) is 12.0. The number of thioether (sulfide) groups is 1. The molecule has 1 saturated heterocycles. The van der Waals surface area contributed by atoms with Crippen molar-refractivity contribution < 1.29 is 19.1 Å². The van der Waals surface area contributed by atoms with Gasteiger partial charge in [-0.15, -0.1) is 0 Å². The van der Waals surface area contributed by atoms with E-state index in [9.17, 15) is 14.7 Å². The lowest BCUT2D eigenvalue weighted by Crippen LogP contribution is -2.56. The maximum Gasteiger partial charge on any atom is 0.329 e. The molecule has 5 nitrogen and oxygen atoms in total. The number of carboxylic acids is 1. The molecule has 2 heterocycles. The molecule has 0 aromatic carbocycles. The summed E-state index contributed by atoms with van der Waals surface area (Å²) in [6, 6.07) is 1.52. The van der Waals surface area contributed by atoms with E-state index in [0.29, 0.717) is 23.1 Å². The quantitative estimate of drug-likeness (QED) is 0.885. The van der Waals surface area contributed by atoms with Crippen LogP contribution in [0, 0.1) is 0 Å². The number of amides is 1. The van der Waals surface area contributed by atoms with Gasteiger partial charge in [-0.1, -0.05) is 0 Å². The summed E-state index contributed by atoms with van der Waals surface area (Å²) < 4.78 is 5.41. The Balaban J connectivity index is 2.14. The second-order valence-electron chi connectivity index (χ2n) is 4.09. The van der Waals surface area contributed by atoms with E-state index in [0.717, 1.165) is 11.5 Å². The number of furan rings is 1. The van der Waals surface area contributed by atoms with E-state index >= 15 is 0 Å². The Hall–Kier alpha value is -0.950. The van der Waals surface area contributed by atoms with Gasteiger partial charge in [-0.2, -0.15) is 11.8 Å². The fourth-order valence-corrected chi connectivity index (χ4v) is 3.36. The monoisotopic (exact) mass is 333 g/mol. The minimum Gasteiger partial charge on any atom is -0.480 e. The summed E-state index contributed by atoms with van der Waals surface area (Å²) in [4.78, 5) is 23.4. The molecule has 1 aromatic rings. The first-order chi connectivity index (χ1) is 8.53. The zero-order valence-electron chi connectivity index (χ0n) is 9.44. The van der Waals surface area contributed by atoms with Crippen LogP contribution in [0.25, 0.3) is 0 Å². The summed E-state index contributed by atoms with van der Waals surface area (Å²) in [7, 11) is 0. The van der Waals surface area contributed by atoms with Gasteiger partial charge < -0.3 is 14.8 Å². The highest BCUT2D eigenvalue weighted by atomic mass is 79.9. The van der Waals surface area contributed by atoms with E-state index in [4.69, 9.17) is 4.42 Å². The molecule has 0 saturated carbocycles. The van der Waals surface area contributed by atoms with Gasteiger partial charge in [0.1, 0.15) is 11.8 Å². The van der Waals surface area contributed by atoms with Crippen molar-refractivity contribution in [1.29, 1.82) is 0 Å². The zero-order valence-corrected chi connectivity index (χ0v) is 11.8. The number of carbonyl (C=O) groups is 2. The maximum absolute atomic E-state index is 12.0. The molecule has 0 bridgehead atoms. The predicted octanol–water partition coefficient (Wildman–Crippen LogP) is 2.12. The summed E-state index contributed by atoms with van der Waals surface area (Å²) in [6.45, 7) is 0. The van der Waals surface area contributed by atoms with Gasteiger partial charge in [-0.25, -0.2) is 4.79 Å². The summed E-state index contributed by atoms with van der Waals surface area (Å²) >= 11 is 4.80. The number of aliphatic carboxylic acids is 1. The van der Waals surface area contributed by atoms with Crippen molar-refractivity contribution in [2.75, 3.05) is 11.5 Å². The van der Waals surface area contributed by atoms with Crippen molar-refractivity contribution in [3.05, 3.63) is 22.6 Å². The summed E-state index contributed by atoms with van der Waals surface area (Å²) in [5.74, 6) is 0.0843. The number of nitrogens with one attached hydrogen (secondary N) is 1. The van der Waals surface area contributed by atoms with Crippen molar-refractivity contribution in [2.24, 2.45) is 0 Å². The van der Waals surface area contributed by atoms with Gasteiger partial charge in [0.15, 0.2) is 4.67 Å². The Bertz CT molecular complexity index is 467. The number of hydrogen-bond acceptors (Lipinski definition) is 4. The molecular weight excluding hydrogens is 322 g/mol. The van der Waals surface area contributed by atoms with Gasteiger partial charge in [0, 0.05) is 6.07 Å². The highest BCUT2D eigenvalue weighted by Gasteiger charge is 2.41. The Morgan fingerprint density at radius 1 is 1.44 bits per heavy atom.